The number of halogens is 1. The van der Waals surface area contributed by atoms with E-state index in [1.54, 1.807) is 12.4 Å². The fraction of sp³-hybridized carbons (Fsp3) is 0.0667. The maximum absolute atomic E-state index is 13.1. The normalized spacial score (nSPS) is 10.7. The molecule has 1 heterocycles. The number of para-hydroxylation sites is 1. The monoisotopic (exact) mass is 285 g/mol. The van der Waals surface area contributed by atoms with Crippen molar-refractivity contribution < 1.29 is 4.39 Å². The van der Waals surface area contributed by atoms with Crippen LogP contribution in [0, 0.1) is 5.82 Å². The third-order valence-corrected chi connectivity index (χ3v) is 3.82. The second-order valence-electron chi connectivity index (χ2n) is 4.24. The molecule has 0 amide bonds. The molecule has 0 bridgehead atoms. The van der Waals surface area contributed by atoms with Gasteiger partial charge < -0.3 is 0 Å². The van der Waals surface area contributed by atoms with Crippen LogP contribution < -0.4 is 0 Å². The summed E-state index contributed by atoms with van der Waals surface area (Å²) in [5, 5.41) is 8.85. The second-order valence-corrected chi connectivity index (χ2v) is 5.18. The molecule has 20 heavy (non-hydrogen) atoms. The lowest BCUT2D eigenvalue weighted by molar-refractivity contribution is 0.626. The summed E-state index contributed by atoms with van der Waals surface area (Å²) in [6.45, 7) is 0. The lowest BCUT2D eigenvalue weighted by atomic mass is 10.2. The van der Waals surface area contributed by atoms with Crippen molar-refractivity contribution in [2.45, 2.75) is 10.9 Å². The van der Waals surface area contributed by atoms with Crippen molar-refractivity contribution in [3.8, 4) is 5.69 Å². The summed E-state index contributed by atoms with van der Waals surface area (Å²) >= 11 is 1.53. The molecule has 0 aliphatic rings. The van der Waals surface area contributed by atoms with Crippen molar-refractivity contribution in [1.29, 1.82) is 0 Å². The van der Waals surface area contributed by atoms with Gasteiger partial charge in [-0.1, -0.05) is 42.1 Å². The van der Waals surface area contributed by atoms with E-state index in [0.717, 1.165) is 16.4 Å². The first-order valence-corrected chi connectivity index (χ1v) is 7.14. The molecule has 100 valence electrons. The van der Waals surface area contributed by atoms with Crippen molar-refractivity contribution in [2.75, 3.05) is 0 Å². The van der Waals surface area contributed by atoms with E-state index in [1.807, 2.05) is 41.0 Å². The van der Waals surface area contributed by atoms with E-state index < -0.39 is 0 Å². The van der Waals surface area contributed by atoms with E-state index >= 15 is 0 Å². The van der Waals surface area contributed by atoms with E-state index in [2.05, 4.69) is 10.2 Å². The molecule has 0 radical (unpaired) electrons. The zero-order valence-electron chi connectivity index (χ0n) is 10.6. The average Bonchev–Trinajstić information content (AvgIpc) is 2.95. The van der Waals surface area contributed by atoms with Gasteiger partial charge in [0.1, 0.15) is 12.1 Å². The summed E-state index contributed by atoms with van der Waals surface area (Å²) in [4.78, 5) is 0. The molecule has 0 fully saturated rings. The first-order valence-electron chi connectivity index (χ1n) is 6.15. The molecule has 1 aromatic heterocycles. The third kappa shape index (κ3) is 2.88. The van der Waals surface area contributed by atoms with Gasteiger partial charge in [-0.3, -0.25) is 4.57 Å². The molecule has 0 spiro atoms. The highest BCUT2D eigenvalue weighted by atomic mass is 32.2. The number of hydrogen-bond donors (Lipinski definition) is 0. The Balaban J connectivity index is 1.78. The van der Waals surface area contributed by atoms with Gasteiger partial charge in [-0.25, -0.2) is 4.39 Å². The first-order chi connectivity index (χ1) is 9.83. The van der Waals surface area contributed by atoms with Gasteiger partial charge in [-0.05, 0) is 29.8 Å². The van der Waals surface area contributed by atoms with Gasteiger partial charge in [0.15, 0.2) is 5.16 Å². The molecule has 3 rings (SSSR count). The molecular formula is C15H12FN3S. The molecule has 0 aliphatic heterocycles. The van der Waals surface area contributed by atoms with Crippen molar-refractivity contribution in [3.05, 3.63) is 72.3 Å². The van der Waals surface area contributed by atoms with Gasteiger partial charge in [-0.2, -0.15) is 0 Å². The Bertz CT molecular complexity index is 697. The number of thioether (sulfide) groups is 1. The van der Waals surface area contributed by atoms with Crippen LogP contribution in [0.5, 0.6) is 0 Å². The second kappa shape index (κ2) is 5.88. The largest absolute Gasteiger partial charge is 0.277 e. The summed E-state index contributed by atoms with van der Waals surface area (Å²) in [6, 6.07) is 16.5. The van der Waals surface area contributed by atoms with Crippen LogP contribution in [0.2, 0.25) is 0 Å². The quantitative estimate of drug-likeness (QED) is 0.685. The predicted molar refractivity (Wildman–Crippen MR) is 77.3 cm³/mol. The Morgan fingerprint density at radius 3 is 2.70 bits per heavy atom. The number of benzene rings is 2. The lowest BCUT2D eigenvalue weighted by Crippen LogP contribution is -1.94. The summed E-state index contributed by atoms with van der Waals surface area (Å²) in [5.74, 6) is 0.441. The van der Waals surface area contributed by atoms with Crippen molar-refractivity contribution in [2.24, 2.45) is 0 Å². The zero-order valence-corrected chi connectivity index (χ0v) is 11.4. The SMILES string of the molecule is Fc1cccc(CSc2nncn2-c2ccccc2)c1. The number of rotatable bonds is 4. The van der Waals surface area contributed by atoms with Gasteiger partial charge >= 0.3 is 0 Å². The van der Waals surface area contributed by atoms with Crippen molar-refractivity contribution >= 4 is 11.8 Å². The van der Waals surface area contributed by atoms with E-state index in [9.17, 15) is 4.39 Å². The van der Waals surface area contributed by atoms with Crippen LogP contribution >= 0.6 is 11.8 Å². The van der Waals surface area contributed by atoms with Gasteiger partial charge in [-0.15, -0.1) is 10.2 Å². The van der Waals surface area contributed by atoms with Crippen LogP contribution in [0.1, 0.15) is 5.56 Å². The highest BCUT2D eigenvalue weighted by molar-refractivity contribution is 7.98. The fourth-order valence-corrected chi connectivity index (χ4v) is 2.74. The van der Waals surface area contributed by atoms with Crippen molar-refractivity contribution in [1.82, 2.24) is 14.8 Å². The fourth-order valence-electron chi connectivity index (χ4n) is 1.86. The first kappa shape index (κ1) is 12.9. The smallest absolute Gasteiger partial charge is 0.195 e. The van der Waals surface area contributed by atoms with Crippen LogP contribution in [0.25, 0.3) is 5.69 Å². The molecule has 0 atom stereocenters. The summed E-state index contributed by atoms with van der Waals surface area (Å²) in [6.07, 6.45) is 1.68. The molecule has 0 saturated heterocycles. The minimum absolute atomic E-state index is 0.215. The average molecular weight is 285 g/mol. The van der Waals surface area contributed by atoms with E-state index in [1.165, 1.54) is 23.9 Å². The van der Waals surface area contributed by atoms with E-state index in [4.69, 9.17) is 0 Å². The molecular weight excluding hydrogens is 273 g/mol. The Hall–Kier alpha value is -2.14. The van der Waals surface area contributed by atoms with Crippen LogP contribution in [0.3, 0.4) is 0 Å². The van der Waals surface area contributed by atoms with Gasteiger partial charge in [0, 0.05) is 11.4 Å². The predicted octanol–water partition coefficient (Wildman–Crippen LogP) is 3.70. The van der Waals surface area contributed by atoms with Gasteiger partial charge in [0.2, 0.25) is 0 Å². The number of hydrogen-bond acceptors (Lipinski definition) is 3. The van der Waals surface area contributed by atoms with Crippen LogP contribution in [-0.2, 0) is 5.75 Å². The lowest BCUT2D eigenvalue weighted by Gasteiger charge is -2.06. The molecule has 0 unspecified atom stereocenters. The van der Waals surface area contributed by atoms with Gasteiger partial charge in [0.05, 0.1) is 0 Å². The topological polar surface area (TPSA) is 30.7 Å². The maximum Gasteiger partial charge on any atom is 0.195 e. The van der Waals surface area contributed by atoms with Gasteiger partial charge in [0.25, 0.3) is 0 Å². The minimum Gasteiger partial charge on any atom is -0.277 e. The van der Waals surface area contributed by atoms with Crippen LogP contribution in [0.15, 0.2) is 66.1 Å². The standard InChI is InChI=1S/C15H12FN3S/c16-13-6-4-5-12(9-13)10-20-15-18-17-11-19(15)14-7-2-1-3-8-14/h1-9,11H,10H2. The van der Waals surface area contributed by atoms with Crippen LogP contribution in [-0.4, -0.2) is 14.8 Å². The van der Waals surface area contributed by atoms with Crippen LogP contribution in [0.4, 0.5) is 4.39 Å². The molecule has 3 nitrogen and oxygen atoms in total. The Morgan fingerprint density at radius 2 is 1.90 bits per heavy atom. The number of nitrogens with zero attached hydrogens (tertiary/aromatic N) is 3. The summed E-state index contributed by atoms with van der Waals surface area (Å²) in [7, 11) is 0. The Labute approximate surface area is 120 Å². The zero-order chi connectivity index (χ0) is 13.8. The molecule has 5 heteroatoms. The Morgan fingerprint density at radius 1 is 1.05 bits per heavy atom. The van der Waals surface area contributed by atoms with Crippen molar-refractivity contribution in [3.63, 3.8) is 0 Å². The highest BCUT2D eigenvalue weighted by Crippen LogP contribution is 2.23. The molecule has 2 aromatic carbocycles. The number of aromatic nitrogens is 3. The molecule has 0 aliphatic carbocycles. The Kier molecular flexibility index (Phi) is 3.78. The summed E-state index contributed by atoms with van der Waals surface area (Å²) in [5.41, 5.74) is 1.94. The summed E-state index contributed by atoms with van der Waals surface area (Å²) < 4.78 is 15.1. The molecule has 0 saturated carbocycles. The highest BCUT2D eigenvalue weighted by Gasteiger charge is 2.07. The minimum atomic E-state index is -0.215. The molecule has 3 aromatic rings. The third-order valence-electron chi connectivity index (χ3n) is 2.81. The van der Waals surface area contributed by atoms with E-state index in [0.29, 0.717) is 5.75 Å². The molecule has 0 N–H and O–H groups in total. The maximum atomic E-state index is 13.1. The van der Waals surface area contributed by atoms with E-state index in [-0.39, 0.29) is 5.82 Å².